The van der Waals surface area contributed by atoms with E-state index in [1.807, 2.05) is 0 Å². The van der Waals surface area contributed by atoms with Crippen molar-refractivity contribution in [2.75, 3.05) is 0 Å². The highest BCUT2D eigenvalue weighted by molar-refractivity contribution is 6.02. The van der Waals surface area contributed by atoms with Gasteiger partial charge in [-0.25, -0.2) is 0 Å². The van der Waals surface area contributed by atoms with E-state index in [1.54, 1.807) is 0 Å². The fourth-order valence-electron chi connectivity index (χ4n) is 0. The molecule has 3 nitrogen and oxygen atoms in total. The minimum absolute atomic E-state index is 0. The Bertz CT molecular complexity index is 6.00. The molecule has 0 unspecified atom stereocenters. The summed E-state index contributed by atoms with van der Waals surface area (Å²) in [5.74, 6) is 0. The van der Waals surface area contributed by atoms with Crippen LogP contribution in [0, 0.1) is 0 Å². The second-order valence-corrected chi connectivity index (χ2v) is 0. The van der Waals surface area contributed by atoms with E-state index in [1.165, 1.54) is 0 Å². The zero-order chi connectivity index (χ0) is 2.00. The molecule has 0 fully saturated rings. The number of hydrogen-bond acceptors (Lipinski definition) is 2. The molecule has 0 spiro atoms. The van der Waals surface area contributed by atoms with Crippen LogP contribution in [0.15, 0.2) is 0 Å². The quantitative estimate of drug-likeness (QED) is 0.345. The Hall–Kier alpha value is 0.0969. The molecule has 7 N–H and O–H groups in total. The van der Waals surface area contributed by atoms with Crippen molar-refractivity contribution in [3.63, 3.8) is 0 Å². The molecule has 0 atom stereocenters. The van der Waals surface area contributed by atoms with Crippen molar-refractivity contribution in [3.05, 3.63) is 0 Å². The summed E-state index contributed by atoms with van der Waals surface area (Å²) >= 11 is 0. The van der Waals surface area contributed by atoms with Crippen molar-refractivity contribution in [1.29, 1.82) is 0 Å². The van der Waals surface area contributed by atoms with Crippen LogP contribution in [0.3, 0.4) is 0 Å². The molecule has 0 saturated carbocycles. The summed E-state index contributed by atoms with van der Waals surface area (Å²) < 4.78 is 0. The standard InChI is InChI=1S/H5NSi.H3N.H2O/c1-2;;/h1H2,2H3;1H3;1H2. The van der Waals surface area contributed by atoms with E-state index in [0.29, 0.717) is 0 Å². The Labute approximate surface area is 28.6 Å². The molecule has 30 valence electrons. The molecule has 0 aliphatic rings. The molecule has 0 aliphatic heterocycles. The molecule has 0 aliphatic carbocycles. The van der Waals surface area contributed by atoms with E-state index < -0.39 is 0 Å². The third-order valence-corrected chi connectivity index (χ3v) is 0. The number of quaternary nitrogens is 1. The first kappa shape index (κ1) is 32.7. The predicted molar refractivity (Wildman–Crippen MR) is 22.0 cm³/mol. The summed E-state index contributed by atoms with van der Waals surface area (Å²) in [6.45, 7) is 0. The van der Waals surface area contributed by atoms with Crippen LogP contribution < -0.4 is 11.5 Å². The van der Waals surface area contributed by atoms with E-state index in [0.717, 1.165) is 10.4 Å². The highest BCUT2D eigenvalue weighted by Crippen LogP contribution is 0.350. The van der Waals surface area contributed by atoms with Crippen LogP contribution in [0.5, 0.6) is 0 Å². The van der Waals surface area contributed by atoms with Crippen molar-refractivity contribution < 1.29 is 5.48 Å². The van der Waals surface area contributed by atoms with Gasteiger partial charge < -0.3 is 17.0 Å². The van der Waals surface area contributed by atoms with E-state index in [9.17, 15) is 0 Å². The number of hydrogen-bond donors (Lipinski definition) is 2. The second-order valence-electron chi connectivity index (χ2n) is 0. The lowest BCUT2D eigenvalue weighted by Gasteiger charge is -1.17. The molecule has 0 aromatic carbocycles. The van der Waals surface area contributed by atoms with Gasteiger partial charge in [-0.1, -0.05) is 0 Å². The first-order valence-electron chi connectivity index (χ1n) is 0.577. The summed E-state index contributed by atoms with van der Waals surface area (Å²) in [5, 5.41) is 4.64. The third-order valence-electron chi connectivity index (χ3n) is 0. The summed E-state index contributed by atoms with van der Waals surface area (Å²) in [4.78, 5) is 0. The Morgan fingerprint density at radius 2 is 1.25 bits per heavy atom. The van der Waals surface area contributed by atoms with E-state index >= 15 is 0 Å². The zero-order valence-electron chi connectivity index (χ0n) is 3.02. The Balaban J connectivity index is -0.00000000500. The van der Waals surface area contributed by atoms with Gasteiger partial charge in [-0.2, -0.15) is 0 Å². The smallest absolute Gasteiger partial charge is 0.0716 e. The maximum atomic E-state index is 4.64. The van der Waals surface area contributed by atoms with Gasteiger partial charge in [-0.3, -0.25) is 0 Å². The van der Waals surface area contributed by atoms with Gasteiger partial charge in [0.2, 0.25) is 0 Å². The van der Waals surface area contributed by atoms with Crippen LogP contribution in [0.4, 0.5) is 0 Å². The van der Waals surface area contributed by atoms with Gasteiger partial charge in [0.25, 0.3) is 0 Å². The van der Waals surface area contributed by atoms with Gasteiger partial charge in [0.1, 0.15) is 0 Å². The van der Waals surface area contributed by atoms with E-state index in [-0.39, 0.29) is 11.6 Å². The highest BCUT2D eigenvalue weighted by atomic mass is 28.2. The van der Waals surface area contributed by atoms with Crippen molar-refractivity contribution in [1.82, 2.24) is 6.15 Å². The molecular weight excluding hydrogens is 72.1 g/mol. The zero-order valence-corrected chi connectivity index (χ0v) is 5.02. The molecule has 0 rings (SSSR count). The number of rotatable bonds is 0. The maximum absolute atomic E-state index is 4.64. The SMILES string of the molecule is N[SiH3].[NH4+].[OH-]. The fourth-order valence-corrected chi connectivity index (χ4v) is 0. The lowest BCUT2D eigenvalue weighted by Crippen LogP contribution is -1.75. The van der Waals surface area contributed by atoms with Gasteiger partial charge in [0.15, 0.2) is 0 Å². The summed E-state index contributed by atoms with van der Waals surface area (Å²) in [6.07, 6.45) is 0. The molecule has 0 aromatic rings. The molecular formula is H10N2OSi. The Morgan fingerprint density at radius 3 is 1.25 bits per heavy atom. The minimum Gasteiger partial charge on any atom is -0.870 e. The maximum Gasteiger partial charge on any atom is 0.0716 e. The highest BCUT2D eigenvalue weighted by Gasteiger charge is 0.880. The van der Waals surface area contributed by atoms with Crippen LogP contribution >= 0.6 is 0 Å². The molecule has 0 amide bonds. The predicted octanol–water partition coefficient (Wildman–Crippen LogP) is -1.58. The lowest BCUT2D eigenvalue weighted by atomic mass is 13.9. The van der Waals surface area contributed by atoms with Crippen molar-refractivity contribution >= 4 is 10.4 Å². The van der Waals surface area contributed by atoms with Crippen molar-refractivity contribution in [2.45, 2.75) is 0 Å². The summed E-state index contributed by atoms with van der Waals surface area (Å²) in [7, 11) is 0.806. The van der Waals surface area contributed by atoms with Gasteiger partial charge in [-0.05, 0) is 0 Å². The second kappa shape index (κ2) is 1450. The van der Waals surface area contributed by atoms with Gasteiger partial charge in [0.05, 0.1) is 10.4 Å². The van der Waals surface area contributed by atoms with Gasteiger partial charge >= 0.3 is 0 Å². The van der Waals surface area contributed by atoms with Crippen LogP contribution in [0.1, 0.15) is 0 Å². The molecule has 0 aromatic heterocycles. The first-order chi connectivity index (χ1) is 1.00. The van der Waals surface area contributed by atoms with E-state index in [4.69, 9.17) is 0 Å². The average molecular weight is 82.2 g/mol. The van der Waals surface area contributed by atoms with Crippen LogP contribution in [-0.4, -0.2) is 15.9 Å². The fraction of sp³-hybridized carbons (Fsp3) is 0. The number of nitrogens with two attached hydrogens (primary N) is 1. The normalized spacial score (nSPS) is 2.25. The van der Waals surface area contributed by atoms with Crippen LogP contribution in [0.2, 0.25) is 0 Å². The van der Waals surface area contributed by atoms with Gasteiger partial charge in [0, 0.05) is 0 Å². The minimum atomic E-state index is 0. The molecule has 0 heterocycles. The monoisotopic (exact) mass is 82.1 g/mol. The largest absolute Gasteiger partial charge is 0.870 e. The average Bonchev–Trinajstić information content (AvgIpc) is 1.00. The summed E-state index contributed by atoms with van der Waals surface area (Å²) in [5.41, 5.74) is 0. The van der Waals surface area contributed by atoms with Crippen molar-refractivity contribution in [2.24, 2.45) is 5.40 Å². The molecule has 0 bridgehead atoms. The first-order valence-corrected chi connectivity index (χ1v) is 1.73. The topological polar surface area (TPSA) is 92.5 Å². The van der Waals surface area contributed by atoms with Crippen LogP contribution in [0.25, 0.3) is 0 Å². The van der Waals surface area contributed by atoms with Crippen LogP contribution in [-0.2, 0) is 0 Å². The van der Waals surface area contributed by atoms with E-state index in [2.05, 4.69) is 5.40 Å². The molecule has 4 heteroatoms. The lowest BCUT2D eigenvalue weighted by molar-refractivity contribution is 0.824. The summed E-state index contributed by atoms with van der Waals surface area (Å²) in [6, 6.07) is 0. The Kier molecular flexibility index (Phi) is 11800. The van der Waals surface area contributed by atoms with Crippen molar-refractivity contribution in [3.8, 4) is 0 Å². The molecule has 4 heavy (non-hydrogen) atoms. The van der Waals surface area contributed by atoms with Gasteiger partial charge in [-0.15, -0.1) is 0 Å². The molecule has 0 saturated heterocycles. The third kappa shape index (κ3) is 269. The molecule has 0 radical (unpaired) electrons. The Morgan fingerprint density at radius 1 is 1.25 bits per heavy atom.